The summed E-state index contributed by atoms with van der Waals surface area (Å²) in [6, 6.07) is 8.72. The Balaban J connectivity index is 2.87. The number of hydrogen-bond donors (Lipinski definition) is 0. The molecule has 0 radical (unpaired) electrons. The maximum Gasteiger partial charge on any atom is 0.200 e. The van der Waals surface area contributed by atoms with Gasteiger partial charge in [-0.15, -0.1) is 0 Å². The number of hydrogen-bond acceptors (Lipinski definition) is 1. The molecule has 0 heterocycles. The van der Waals surface area contributed by atoms with Crippen molar-refractivity contribution in [1.29, 1.82) is 0 Å². The fourth-order valence-corrected chi connectivity index (χ4v) is 8.81. The van der Waals surface area contributed by atoms with Crippen LogP contribution in [0.2, 0.25) is 16.6 Å². The first-order valence-electron chi connectivity index (χ1n) is 7.50. The predicted octanol–water partition coefficient (Wildman–Crippen LogP) is 5.69. The van der Waals surface area contributed by atoms with Crippen molar-refractivity contribution in [3.8, 4) is 0 Å². The van der Waals surface area contributed by atoms with Crippen LogP contribution < -0.4 is 0 Å². The normalized spacial score (nSPS) is 12.7. The van der Waals surface area contributed by atoms with Crippen LogP contribution in [0.25, 0.3) is 0 Å². The van der Waals surface area contributed by atoms with Crippen LogP contribution in [0.5, 0.6) is 0 Å². The lowest BCUT2D eigenvalue weighted by atomic mass is 10.2. The summed E-state index contributed by atoms with van der Waals surface area (Å²) in [5.74, 6) is 0. The van der Waals surface area contributed by atoms with Crippen molar-refractivity contribution in [3.63, 3.8) is 0 Å². The maximum absolute atomic E-state index is 6.58. The van der Waals surface area contributed by atoms with E-state index in [2.05, 4.69) is 72.7 Å². The first-order chi connectivity index (χ1) is 8.80. The minimum absolute atomic E-state index is 0.651. The van der Waals surface area contributed by atoms with Crippen LogP contribution in [0.1, 0.15) is 52.7 Å². The summed E-state index contributed by atoms with van der Waals surface area (Å²) >= 11 is 0. The van der Waals surface area contributed by atoms with Crippen LogP contribution in [-0.4, -0.2) is 8.32 Å². The topological polar surface area (TPSA) is 9.23 Å². The van der Waals surface area contributed by atoms with E-state index in [0.29, 0.717) is 16.6 Å². The molecule has 0 saturated heterocycles. The summed E-state index contributed by atoms with van der Waals surface area (Å²) in [4.78, 5) is 0. The molecule has 1 nitrogen and oxygen atoms in total. The third kappa shape index (κ3) is 3.70. The standard InChI is InChI=1S/C17H30OSi/c1-13(2)19(14(3)4,15(5)6)18-12-17-10-8-16(7)9-11-17/h8-11,13-15H,12H2,1-7H3. The molecule has 0 fully saturated rings. The van der Waals surface area contributed by atoms with E-state index in [9.17, 15) is 0 Å². The largest absolute Gasteiger partial charge is 0.412 e. The van der Waals surface area contributed by atoms with E-state index in [0.717, 1.165) is 6.61 Å². The number of aryl methyl sites for hydroxylation is 1. The fraction of sp³-hybridized carbons (Fsp3) is 0.647. The van der Waals surface area contributed by atoms with Crippen molar-refractivity contribution in [3.05, 3.63) is 35.4 Å². The highest BCUT2D eigenvalue weighted by atomic mass is 28.4. The fourth-order valence-electron chi connectivity index (χ4n) is 3.39. The van der Waals surface area contributed by atoms with Gasteiger partial charge in [0.1, 0.15) is 0 Å². The molecular formula is C17H30OSi. The van der Waals surface area contributed by atoms with Crippen molar-refractivity contribution >= 4 is 8.32 Å². The molecule has 108 valence electrons. The molecule has 1 aromatic rings. The first-order valence-corrected chi connectivity index (χ1v) is 9.64. The molecule has 2 heteroatoms. The second-order valence-corrected chi connectivity index (χ2v) is 12.1. The van der Waals surface area contributed by atoms with Crippen molar-refractivity contribution in [2.75, 3.05) is 0 Å². The molecule has 19 heavy (non-hydrogen) atoms. The molecule has 0 saturated carbocycles. The van der Waals surface area contributed by atoms with Gasteiger partial charge >= 0.3 is 0 Å². The molecule has 0 amide bonds. The highest BCUT2D eigenvalue weighted by molar-refractivity contribution is 6.77. The second kappa shape index (κ2) is 6.71. The third-order valence-corrected chi connectivity index (χ3v) is 10.4. The van der Waals surface area contributed by atoms with Gasteiger partial charge in [-0.05, 0) is 29.1 Å². The van der Waals surface area contributed by atoms with Crippen molar-refractivity contribution in [1.82, 2.24) is 0 Å². The Morgan fingerprint density at radius 1 is 0.842 bits per heavy atom. The third-order valence-electron chi connectivity index (χ3n) is 4.32. The van der Waals surface area contributed by atoms with Gasteiger partial charge in [0.05, 0.1) is 6.61 Å². The predicted molar refractivity (Wildman–Crippen MR) is 87.0 cm³/mol. The van der Waals surface area contributed by atoms with E-state index in [4.69, 9.17) is 4.43 Å². The molecule has 0 atom stereocenters. The molecule has 0 aromatic heterocycles. The average molecular weight is 279 g/mol. The highest BCUT2D eigenvalue weighted by Crippen LogP contribution is 2.42. The molecule has 1 aromatic carbocycles. The number of benzene rings is 1. The lowest BCUT2D eigenvalue weighted by Gasteiger charge is -2.42. The summed E-state index contributed by atoms with van der Waals surface area (Å²) < 4.78 is 6.58. The van der Waals surface area contributed by atoms with Crippen molar-refractivity contribution < 1.29 is 4.43 Å². The van der Waals surface area contributed by atoms with Crippen LogP contribution >= 0.6 is 0 Å². The molecule has 0 bridgehead atoms. The van der Waals surface area contributed by atoms with E-state index in [1.54, 1.807) is 0 Å². The maximum atomic E-state index is 6.58. The first kappa shape index (κ1) is 16.5. The van der Waals surface area contributed by atoms with E-state index in [-0.39, 0.29) is 0 Å². The van der Waals surface area contributed by atoms with Crippen LogP contribution in [-0.2, 0) is 11.0 Å². The summed E-state index contributed by atoms with van der Waals surface area (Å²) in [7, 11) is -1.72. The zero-order valence-electron chi connectivity index (χ0n) is 13.7. The molecular weight excluding hydrogens is 248 g/mol. The molecule has 0 aliphatic rings. The van der Waals surface area contributed by atoms with Crippen LogP contribution in [0.4, 0.5) is 0 Å². The van der Waals surface area contributed by atoms with Gasteiger partial charge in [-0.3, -0.25) is 0 Å². The van der Waals surface area contributed by atoms with Gasteiger partial charge in [-0.2, -0.15) is 0 Å². The van der Waals surface area contributed by atoms with Crippen molar-refractivity contribution in [2.24, 2.45) is 0 Å². The Hall–Kier alpha value is -0.603. The Morgan fingerprint density at radius 3 is 1.63 bits per heavy atom. The molecule has 0 unspecified atom stereocenters. The van der Waals surface area contributed by atoms with Crippen molar-refractivity contribution in [2.45, 2.75) is 71.7 Å². The van der Waals surface area contributed by atoms with E-state index < -0.39 is 8.32 Å². The molecule has 0 spiro atoms. The SMILES string of the molecule is Cc1ccc(CO[Si](C(C)C)(C(C)C)C(C)C)cc1. The second-order valence-electron chi connectivity index (χ2n) is 6.59. The van der Waals surface area contributed by atoms with Gasteiger partial charge < -0.3 is 4.43 Å². The van der Waals surface area contributed by atoms with Gasteiger partial charge in [0.2, 0.25) is 8.32 Å². The molecule has 1 rings (SSSR count). The van der Waals surface area contributed by atoms with Gasteiger partial charge in [-0.25, -0.2) is 0 Å². The Labute approximate surface area is 120 Å². The lowest BCUT2D eigenvalue weighted by molar-refractivity contribution is 0.266. The smallest absolute Gasteiger partial charge is 0.200 e. The van der Waals surface area contributed by atoms with Gasteiger partial charge in [-0.1, -0.05) is 71.4 Å². The van der Waals surface area contributed by atoms with Gasteiger partial charge in [0.15, 0.2) is 0 Å². The Morgan fingerprint density at radius 2 is 1.26 bits per heavy atom. The molecule has 0 N–H and O–H groups in total. The summed E-state index contributed by atoms with van der Waals surface area (Å²) in [5.41, 5.74) is 4.56. The van der Waals surface area contributed by atoms with E-state index in [1.807, 2.05) is 0 Å². The minimum Gasteiger partial charge on any atom is -0.412 e. The lowest BCUT2D eigenvalue weighted by Crippen LogP contribution is -2.47. The molecule has 0 aliphatic carbocycles. The monoisotopic (exact) mass is 278 g/mol. The van der Waals surface area contributed by atoms with Crippen LogP contribution in [0.15, 0.2) is 24.3 Å². The quantitative estimate of drug-likeness (QED) is 0.608. The van der Waals surface area contributed by atoms with Crippen LogP contribution in [0.3, 0.4) is 0 Å². The van der Waals surface area contributed by atoms with E-state index >= 15 is 0 Å². The minimum atomic E-state index is -1.72. The Bertz CT molecular complexity index is 357. The van der Waals surface area contributed by atoms with Gasteiger partial charge in [0, 0.05) is 0 Å². The summed E-state index contributed by atoms with van der Waals surface area (Å²) in [6.07, 6.45) is 0. The zero-order chi connectivity index (χ0) is 14.6. The Kier molecular flexibility index (Phi) is 5.81. The van der Waals surface area contributed by atoms with Crippen LogP contribution in [0, 0.1) is 6.92 Å². The van der Waals surface area contributed by atoms with Gasteiger partial charge in [0.25, 0.3) is 0 Å². The van der Waals surface area contributed by atoms with E-state index in [1.165, 1.54) is 11.1 Å². The zero-order valence-corrected chi connectivity index (χ0v) is 14.7. The number of rotatable bonds is 6. The average Bonchev–Trinajstić information content (AvgIpc) is 2.30. The summed E-state index contributed by atoms with van der Waals surface area (Å²) in [6.45, 7) is 16.9. The highest BCUT2D eigenvalue weighted by Gasteiger charge is 2.44. The molecule has 0 aliphatic heterocycles. The summed E-state index contributed by atoms with van der Waals surface area (Å²) in [5, 5.41) is 0.